The molecule has 5 aromatic rings. The molecule has 45 heavy (non-hydrogen) atoms. The van der Waals surface area contributed by atoms with E-state index in [1.54, 1.807) is 12.1 Å². The number of hydrogen-bond acceptors (Lipinski definition) is 12. The number of aromatic nitrogens is 5. The van der Waals surface area contributed by atoms with Gasteiger partial charge in [0.15, 0.2) is 11.6 Å². The van der Waals surface area contributed by atoms with Crippen LogP contribution in [0.2, 0.25) is 0 Å². The largest absolute Gasteiger partial charge is 0.465 e. The standard InChI is InChI=1S/C28H23F2N9O6/c1-44-26(40)16-7-5-9-20(39(42)43)17(16)13-37(28(41)45-2)23-24(31)34-27(35-25(23)32)38-21-11-15(29)12-33-22(21)19(36-38)10-14-6-3-4-8-18(14)30/h3-9,11-12H,10,13H2,1-2H3,(H4,31,32,34,35). The first-order chi connectivity index (χ1) is 21.5. The second-order valence-corrected chi connectivity index (χ2v) is 9.40. The number of esters is 1. The van der Waals surface area contributed by atoms with Gasteiger partial charge in [0.1, 0.15) is 22.8 Å². The van der Waals surface area contributed by atoms with Crippen molar-refractivity contribution < 1.29 is 32.8 Å². The zero-order valence-electron chi connectivity index (χ0n) is 23.6. The number of carbonyl (C=O) groups is 2. The zero-order valence-corrected chi connectivity index (χ0v) is 23.6. The Balaban J connectivity index is 1.63. The van der Waals surface area contributed by atoms with Crippen molar-refractivity contribution >= 4 is 46.1 Å². The van der Waals surface area contributed by atoms with Gasteiger partial charge in [-0.15, -0.1) is 0 Å². The van der Waals surface area contributed by atoms with Crippen molar-refractivity contribution in [2.75, 3.05) is 30.6 Å². The first-order valence-electron chi connectivity index (χ1n) is 12.9. The summed E-state index contributed by atoms with van der Waals surface area (Å²) in [6.45, 7) is -0.627. The van der Waals surface area contributed by atoms with Crippen LogP contribution in [0.25, 0.3) is 17.0 Å². The molecule has 0 aliphatic heterocycles. The summed E-state index contributed by atoms with van der Waals surface area (Å²) in [7, 11) is 2.14. The molecular weight excluding hydrogens is 596 g/mol. The highest BCUT2D eigenvalue weighted by Crippen LogP contribution is 2.34. The van der Waals surface area contributed by atoms with Crippen molar-refractivity contribution in [1.29, 1.82) is 0 Å². The predicted octanol–water partition coefficient (Wildman–Crippen LogP) is 3.71. The Morgan fingerprint density at radius 3 is 2.40 bits per heavy atom. The summed E-state index contributed by atoms with van der Waals surface area (Å²) < 4.78 is 39.5. The number of amides is 1. The van der Waals surface area contributed by atoms with Gasteiger partial charge < -0.3 is 20.9 Å². The van der Waals surface area contributed by atoms with Crippen molar-refractivity contribution in [3.8, 4) is 5.95 Å². The lowest BCUT2D eigenvalue weighted by molar-refractivity contribution is -0.385. The Kier molecular flexibility index (Phi) is 8.16. The first kappa shape index (κ1) is 30.2. The summed E-state index contributed by atoms with van der Waals surface area (Å²) in [4.78, 5) is 49.9. The van der Waals surface area contributed by atoms with Gasteiger partial charge in [-0.1, -0.05) is 24.3 Å². The van der Waals surface area contributed by atoms with Gasteiger partial charge in [0, 0.05) is 18.6 Å². The third kappa shape index (κ3) is 5.73. The van der Waals surface area contributed by atoms with Crippen molar-refractivity contribution in [1.82, 2.24) is 24.7 Å². The number of benzene rings is 2. The normalized spacial score (nSPS) is 10.9. The molecule has 0 aliphatic rings. The van der Waals surface area contributed by atoms with Gasteiger partial charge in [0.25, 0.3) is 11.6 Å². The van der Waals surface area contributed by atoms with Crippen molar-refractivity contribution in [3.05, 3.63) is 98.9 Å². The van der Waals surface area contributed by atoms with Crippen LogP contribution in [-0.4, -0.2) is 55.9 Å². The van der Waals surface area contributed by atoms with Crippen LogP contribution in [0.1, 0.15) is 27.2 Å². The Morgan fingerprint density at radius 1 is 1.04 bits per heavy atom. The Labute approximate surface area is 252 Å². The van der Waals surface area contributed by atoms with Gasteiger partial charge in [-0.3, -0.25) is 15.0 Å². The van der Waals surface area contributed by atoms with E-state index in [-0.39, 0.29) is 45.9 Å². The molecule has 230 valence electrons. The van der Waals surface area contributed by atoms with Crippen molar-refractivity contribution in [2.45, 2.75) is 13.0 Å². The molecule has 0 bridgehead atoms. The second-order valence-electron chi connectivity index (χ2n) is 9.40. The lowest BCUT2D eigenvalue weighted by Gasteiger charge is -2.24. The number of anilines is 3. The van der Waals surface area contributed by atoms with E-state index in [1.165, 1.54) is 24.3 Å². The number of pyridine rings is 1. The van der Waals surface area contributed by atoms with Gasteiger partial charge in [-0.05, 0) is 17.7 Å². The lowest BCUT2D eigenvalue weighted by Crippen LogP contribution is -2.33. The number of nitrogen functional groups attached to an aromatic ring is 2. The molecule has 0 atom stereocenters. The quantitative estimate of drug-likeness (QED) is 0.145. The van der Waals surface area contributed by atoms with Crippen LogP contribution >= 0.6 is 0 Å². The fraction of sp³-hybridized carbons (Fsp3) is 0.143. The van der Waals surface area contributed by atoms with Crippen LogP contribution in [0.4, 0.5) is 36.6 Å². The first-order valence-corrected chi connectivity index (χ1v) is 12.9. The minimum atomic E-state index is -1.07. The van der Waals surface area contributed by atoms with Crippen molar-refractivity contribution in [2.24, 2.45) is 0 Å². The third-order valence-electron chi connectivity index (χ3n) is 6.72. The molecule has 3 aromatic heterocycles. The summed E-state index contributed by atoms with van der Waals surface area (Å²) >= 11 is 0. The monoisotopic (exact) mass is 619 g/mol. The van der Waals surface area contributed by atoms with Crippen molar-refractivity contribution in [3.63, 3.8) is 0 Å². The third-order valence-corrected chi connectivity index (χ3v) is 6.72. The van der Waals surface area contributed by atoms with Crippen LogP contribution in [0.3, 0.4) is 0 Å². The maximum atomic E-state index is 14.4. The van der Waals surface area contributed by atoms with Crippen LogP contribution in [0.15, 0.2) is 54.7 Å². The number of rotatable bonds is 8. The maximum absolute atomic E-state index is 14.4. The molecule has 0 aliphatic carbocycles. The van der Waals surface area contributed by atoms with Gasteiger partial charge in [-0.25, -0.2) is 23.4 Å². The molecule has 0 unspecified atom stereocenters. The van der Waals surface area contributed by atoms with E-state index < -0.39 is 52.5 Å². The molecule has 17 heteroatoms. The minimum Gasteiger partial charge on any atom is -0.465 e. The Bertz CT molecular complexity index is 1960. The maximum Gasteiger partial charge on any atom is 0.414 e. The van der Waals surface area contributed by atoms with Crippen LogP contribution in [-0.2, 0) is 22.4 Å². The number of nitro groups is 1. The van der Waals surface area contributed by atoms with E-state index in [0.29, 0.717) is 5.56 Å². The van der Waals surface area contributed by atoms with Crippen LogP contribution in [0.5, 0.6) is 0 Å². The van der Waals surface area contributed by atoms with E-state index in [1.807, 2.05) is 0 Å². The number of nitrogens with two attached hydrogens (primary N) is 2. The average molecular weight is 620 g/mol. The summed E-state index contributed by atoms with van der Waals surface area (Å²) in [5.74, 6) is -3.13. The highest BCUT2D eigenvalue weighted by molar-refractivity contribution is 5.97. The minimum absolute atomic E-state index is 0.00758. The fourth-order valence-electron chi connectivity index (χ4n) is 4.69. The second kappa shape index (κ2) is 12.2. The molecule has 5 rings (SSSR count). The molecule has 1 amide bonds. The molecule has 4 N–H and O–H groups in total. The summed E-state index contributed by atoms with van der Waals surface area (Å²) in [5, 5.41) is 16.3. The molecule has 0 saturated carbocycles. The molecule has 0 fully saturated rings. The van der Waals surface area contributed by atoms with Crippen LogP contribution < -0.4 is 16.4 Å². The number of nitro benzene ring substituents is 1. The fourth-order valence-corrected chi connectivity index (χ4v) is 4.69. The van der Waals surface area contributed by atoms with E-state index in [9.17, 15) is 28.5 Å². The van der Waals surface area contributed by atoms with E-state index in [4.69, 9.17) is 20.9 Å². The molecule has 3 heterocycles. The van der Waals surface area contributed by atoms with E-state index in [2.05, 4.69) is 20.1 Å². The Morgan fingerprint density at radius 2 is 1.76 bits per heavy atom. The SMILES string of the molecule is COC(=O)c1cccc([N+](=O)[O-])c1CN(C(=O)OC)c1c(N)nc(-n2nc(Cc3ccccc3F)c3ncc(F)cc32)nc1N. The highest BCUT2D eigenvalue weighted by Gasteiger charge is 2.31. The van der Waals surface area contributed by atoms with Gasteiger partial charge in [0.2, 0.25) is 0 Å². The van der Waals surface area contributed by atoms with Gasteiger partial charge >= 0.3 is 12.1 Å². The van der Waals surface area contributed by atoms with Gasteiger partial charge in [0.05, 0.1) is 54.2 Å². The van der Waals surface area contributed by atoms with Gasteiger partial charge in [-0.2, -0.15) is 19.7 Å². The molecule has 0 saturated heterocycles. The number of hydrogen-bond donors (Lipinski definition) is 2. The lowest BCUT2D eigenvalue weighted by atomic mass is 10.0. The summed E-state index contributed by atoms with van der Waals surface area (Å²) in [6, 6.07) is 10.9. The summed E-state index contributed by atoms with van der Waals surface area (Å²) in [6.07, 6.45) is -0.0978. The number of halogens is 2. The number of ether oxygens (including phenoxy) is 2. The predicted molar refractivity (Wildman–Crippen MR) is 155 cm³/mol. The molecular formula is C28H23F2N9O6. The zero-order chi connectivity index (χ0) is 32.4. The van der Waals surface area contributed by atoms with Crippen LogP contribution in [0, 0.1) is 21.7 Å². The molecule has 0 spiro atoms. The molecule has 15 nitrogen and oxygen atoms in total. The Hall–Kier alpha value is -6.26. The number of carbonyl (C=O) groups excluding carboxylic acids is 2. The summed E-state index contributed by atoms with van der Waals surface area (Å²) in [5.41, 5.74) is 12.2. The number of methoxy groups -OCH3 is 2. The highest BCUT2D eigenvalue weighted by atomic mass is 19.1. The van der Waals surface area contributed by atoms with E-state index in [0.717, 1.165) is 42.1 Å². The molecule has 0 radical (unpaired) electrons. The number of nitrogens with zero attached hydrogens (tertiary/aromatic N) is 7. The topological polar surface area (TPSA) is 208 Å². The number of fused-ring (bicyclic) bond motifs is 1. The van der Waals surface area contributed by atoms with E-state index >= 15 is 0 Å². The smallest absolute Gasteiger partial charge is 0.414 e. The molecule has 2 aromatic carbocycles. The average Bonchev–Trinajstić information content (AvgIpc) is 3.37.